The molecule has 1 atom stereocenters. The van der Waals surface area contributed by atoms with Gasteiger partial charge in [0.1, 0.15) is 22.9 Å². The number of methoxy groups -OCH3 is 1. The first-order valence-corrected chi connectivity index (χ1v) is 11.8. The Bertz CT molecular complexity index is 1210. The number of hydrogen-bond acceptors (Lipinski definition) is 6. The second-order valence-electron chi connectivity index (χ2n) is 8.66. The molecule has 0 saturated carbocycles. The highest BCUT2D eigenvalue weighted by Gasteiger charge is 2.28. The van der Waals surface area contributed by atoms with Gasteiger partial charge in [-0.1, -0.05) is 12.1 Å². The second kappa shape index (κ2) is 10.4. The molecule has 188 valence electrons. The summed E-state index contributed by atoms with van der Waals surface area (Å²) in [5.74, 6) is -0.448. The van der Waals surface area contributed by atoms with E-state index in [0.29, 0.717) is 11.5 Å². The Morgan fingerprint density at radius 2 is 1.67 bits per heavy atom. The average molecular weight is 496 g/mol. The van der Waals surface area contributed by atoms with Crippen LogP contribution >= 0.6 is 0 Å². The molecule has 2 heterocycles. The number of carbonyl (C=O) groups excluding carboxylic acids is 1. The SMILES string of the molecule is COc1ccc(N2CCN([C@@H](CNC(=O)c3c(F)cccc3F)c3ccc4c(c3)OCO4)CC2)cc1. The molecule has 2 aliphatic rings. The van der Waals surface area contributed by atoms with Crippen LogP contribution in [0.15, 0.2) is 60.7 Å². The largest absolute Gasteiger partial charge is 0.497 e. The van der Waals surface area contributed by atoms with Crippen LogP contribution in [0, 0.1) is 11.6 Å². The fraction of sp³-hybridized carbons (Fsp3) is 0.296. The van der Waals surface area contributed by atoms with E-state index in [2.05, 4.69) is 15.1 Å². The number of nitrogens with one attached hydrogen (secondary N) is 1. The van der Waals surface area contributed by atoms with E-state index in [1.165, 1.54) is 6.07 Å². The zero-order valence-electron chi connectivity index (χ0n) is 19.9. The van der Waals surface area contributed by atoms with E-state index in [1.54, 1.807) is 7.11 Å². The van der Waals surface area contributed by atoms with Gasteiger partial charge in [0.25, 0.3) is 5.91 Å². The monoisotopic (exact) mass is 495 g/mol. The first-order valence-electron chi connectivity index (χ1n) is 11.8. The Balaban J connectivity index is 1.33. The molecular formula is C27H27F2N3O4. The second-order valence-corrected chi connectivity index (χ2v) is 8.66. The molecule has 1 N–H and O–H groups in total. The molecule has 7 nitrogen and oxygen atoms in total. The summed E-state index contributed by atoms with van der Waals surface area (Å²) in [4.78, 5) is 17.3. The van der Waals surface area contributed by atoms with Gasteiger partial charge >= 0.3 is 0 Å². The van der Waals surface area contributed by atoms with Crippen molar-refractivity contribution in [2.75, 3.05) is 51.5 Å². The summed E-state index contributed by atoms with van der Waals surface area (Å²) in [5, 5.41) is 2.74. The van der Waals surface area contributed by atoms with E-state index in [1.807, 2.05) is 42.5 Å². The number of ether oxygens (including phenoxy) is 3. The molecule has 36 heavy (non-hydrogen) atoms. The molecule has 0 bridgehead atoms. The Morgan fingerprint density at radius 1 is 0.972 bits per heavy atom. The van der Waals surface area contributed by atoms with Crippen molar-refractivity contribution >= 4 is 11.6 Å². The first kappa shape index (κ1) is 23.9. The molecule has 1 fully saturated rings. The molecule has 0 aliphatic carbocycles. The highest BCUT2D eigenvalue weighted by molar-refractivity contribution is 5.94. The molecular weight excluding hydrogens is 468 g/mol. The molecule has 0 spiro atoms. The van der Waals surface area contributed by atoms with Gasteiger partial charge in [0.15, 0.2) is 11.5 Å². The standard InChI is InChI=1S/C27H27F2N3O4/c1-34-20-8-6-19(7-9-20)31-11-13-32(14-12-31)23(18-5-10-24-25(15-18)36-17-35-24)16-30-27(33)26-21(28)3-2-4-22(26)29/h2-10,15,23H,11-14,16-17H2,1H3,(H,30,33)/t23-/m0/s1. The minimum absolute atomic E-state index is 0.160. The highest BCUT2D eigenvalue weighted by atomic mass is 19.1. The van der Waals surface area contributed by atoms with Crippen LogP contribution in [-0.2, 0) is 0 Å². The summed E-state index contributed by atoms with van der Waals surface area (Å²) in [7, 11) is 1.64. The third kappa shape index (κ3) is 4.92. The topological polar surface area (TPSA) is 63.3 Å². The zero-order chi connectivity index (χ0) is 25.1. The van der Waals surface area contributed by atoms with Crippen molar-refractivity contribution in [2.45, 2.75) is 6.04 Å². The summed E-state index contributed by atoms with van der Waals surface area (Å²) in [6, 6.07) is 16.8. The molecule has 3 aromatic rings. The normalized spacial score (nSPS) is 16.0. The smallest absolute Gasteiger partial charge is 0.257 e. The number of benzene rings is 3. The maximum absolute atomic E-state index is 14.1. The van der Waals surface area contributed by atoms with Crippen molar-refractivity contribution in [1.29, 1.82) is 0 Å². The van der Waals surface area contributed by atoms with Gasteiger partial charge in [0, 0.05) is 38.4 Å². The van der Waals surface area contributed by atoms with Crippen LogP contribution in [0.25, 0.3) is 0 Å². The fourth-order valence-corrected chi connectivity index (χ4v) is 4.66. The van der Waals surface area contributed by atoms with E-state index in [-0.39, 0.29) is 19.4 Å². The number of anilines is 1. The van der Waals surface area contributed by atoms with Gasteiger partial charge < -0.3 is 24.4 Å². The lowest BCUT2D eigenvalue weighted by molar-refractivity contribution is 0.0921. The lowest BCUT2D eigenvalue weighted by Gasteiger charge is -2.40. The van der Waals surface area contributed by atoms with Crippen LogP contribution in [0.1, 0.15) is 22.0 Å². The minimum atomic E-state index is -0.889. The molecule has 0 aromatic heterocycles. The van der Waals surface area contributed by atoms with Crippen molar-refractivity contribution < 1.29 is 27.8 Å². The summed E-state index contributed by atoms with van der Waals surface area (Å²) >= 11 is 0. The van der Waals surface area contributed by atoms with Crippen LogP contribution in [0.4, 0.5) is 14.5 Å². The van der Waals surface area contributed by atoms with Crippen LogP contribution in [-0.4, -0.2) is 57.4 Å². The molecule has 1 saturated heterocycles. The molecule has 0 unspecified atom stereocenters. The van der Waals surface area contributed by atoms with Crippen molar-refractivity contribution in [2.24, 2.45) is 0 Å². The van der Waals surface area contributed by atoms with Gasteiger partial charge in [-0.25, -0.2) is 8.78 Å². The number of hydrogen-bond donors (Lipinski definition) is 1. The molecule has 5 rings (SSSR count). The third-order valence-corrected chi connectivity index (χ3v) is 6.62. The Hall–Kier alpha value is -3.85. The Labute approximate surface area is 208 Å². The van der Waals surface area contributed by atoms with Crippen LogP contribution in [0.2, 0.25) is 0 Å². The van der Waals surface area contributed by atoms with Crippen LogP contribution < -0.4 is 24.4 Å². The predicted molar refractivity (Wildman–Crippen MR) is 131 cm³/mol. The lowest BCUT2D eigenvalue weighted by atomic mass is 10.0. The van der Waals surface area contributed by atoms with E-state index in [9.17, 15) is 13.6 Å². The van der Waals surface area contributed by atoms with Crippen LogP contribution in [0.5, 0.6) is 17.2 Å². The number of nitrogens with zero attached hydrogens (tertiary/aromatic N) is 2. The summed E-state index contributed by atoms with van der Waals surface area (Å²) in [5.41, 5.74) is 1.45. The molecule has 9 heteroatoms. The summed E-state index contributed by atoms with van der Waals surface area (Å²) in [6.45, 7) is 3.36. The van der Waals surface area contributed by atoms with E-state index >= 15 is 0 Å². The average Bonchev–Trinajstić information content (AvgIpc) is 3.37. The molecule has 0 radical (unpaired) electrons. The maximum atomic E-state index is 14.1. The van der Waals surface area contributed by atoms with E-state index < -0.39 is 23.1 Å². The number of halogens is 2. The van der Waals surface area contributed by atoms with E-state index in [4.69, 9.17) is 14.2 Å². The maximum Gasteiger partial charge on any atom is 0.257 e. The first-order chi connectivity index (χ1) is 17.5. The number of rotatable bonds is 7. The van der Waals surface area contributed by atoms with Gasteiger partial charge in [-0.2, -0.15) is 0 Å². The van der Waals surface area contributed by atoms with Gasteiger partial charge in [-0.05, 0) is 54.1 Å². The third-order valence-electron chi connectivity index (χ3n) is 6.62. The minimum Gasteiger partial charge on any atom is -0.497 e. The lowest BCUT2D eigenvalue weighted by Crippen LogP contribution is -2.50. The number of fused-ring (bicyclic) bond motifs is 1. The van der Waals surface area contributed by atoms with E-state index in [0.717, 1.165) is 55.3 Å². The number of amides is 1. The van der Waals surface area contributed by atoms with Gasteiger partial charge in [-0.15, -0.1) is 0 Å². The summed E-state index contributed by atoms with van der Waals surface area (Å²) < 4.78 is 44.5. The molecule has 3 aromatic carbocycles. The Morgan fingerprint density at radius 3 is 2.36 bits per heavy atom. The number of carbonyl (C=O) groups is 1. The van der Waals surface area contributed by atoms with Crippen molar-refractivity contribution in [3.05, 3.63) is 83.4 Å². The van der Waals surface area contributed by atoms with Gasteiger partial charge in [0.05, 0.1) is 13.2 Å². The van der Waals surface area contributed by atoms with Crippen molar-refractivity contribution in [3.8, 4) is 17.2 Å². The van der Waals surface area contributed by atoms with Crippen molar-refractivity contribution in [1.82, 2.24) is 10.2 Å². The highest BCUT2D eigenvalue weighted by Crippen LogP contribution is 2.36. The quantitative estimate of drug-likeness (QED) is 0.535. The van der Waals surface area contributed by atoms with Gasteiger partial charge in [0.2, 0.25) is 6.79 Å². The van der Waals surface area contributed by atoms with Gasteiger partial charge in [-0.3, -0.25) is 9.69 Å². The Kier molecular flexibility index (Phi) is 6.90. The molecule has 2 aliphatic heterocycles. The van der Waals surface area contributed by atoms with Crippen LogP contribution in [0.3, 0.4) is 0 Å². The fourth-order valence-electron chi connectivity index (χ4n) is 4.66. The number of piperazine rings is 1. The predicted octanol–water partition coefficient (Wildman–Crippen LogP) is 4.00. The molecule has 1 amide bonds. The van der Waals surface area contributed by atoms with Crippen molar-refractivity contribution in [3.63, 3.8) is 0 Å². The summed E-state index contributed by atoms with van der Waals surface area (Å²) in [6.07, 6.45) is 0. The zero-order valence-corrected chi connectivity index (χ0v) is 19.9.